The summed E-state index contributed by atoms with van der Waals surface area (Å²) in [6, 6.07) is 13.3. The lowest BCUT2D eigenvalue weighted by Gasteiger charge is -2.26. The van der Waals surface area contributed by atoms with E-state index in [4.69, 9.17) is 4.74 Å². The molecule has 30 heavy (non-hydrogen) atoms. The number of Topliss-reactive ketones (excluding diaryl/α,β-unsaturated/α-hetero) is 1. The molecule has 0 saturated heterocycles. The predicted molar refractivity (Wildman–Crippen MR) is 107 cm³/mol. The highest BCUT2D eigenvalue weighted by molar-refractivity contribution is 6.10. The minimum absolute atomic E-state index is 0.0922. The van der Waals surface area contributed by atoms with Gasteiger partial charge in [-0.25, -0.2) is 0 Å². The molecule has 2 aromatic carbocycles. The van der Waals surface area contributed by atoms with Crippen LogP contribution < -0.4 is 5.32 Å². The van der Waals surface area contributed by atoms with Crippen LogP contribution in [0.3, 0.4) is 0 Å². The first-order valence-corrected chi connectivity index (χ1v) is 9.35. The van der Waals surface area contributed by atoms with E-state index in [1.807, 2.05) is 0 Å². The van der Waals surface area contributed by atoms with E-state index in [-0.39, 0.29) is 31.1 Å². The number of carbonyl (C=O) groups excluding carboxylic acids is 5. The van der Waals surface area contributed by atoms with Crippen LogP contribution in [-0.4, -0.2) is 47.5 Å². The third kappa shape index (κ3) is 4.78. The number of hydrogen-bond acceptors (Lipinski definition) is 6. The van der Waals surface area contributed by atoms with Gasteiger partial charge in [0.05, 0.1) is 18.5 Å². The number of carbonyl (C=O) groups is 5. The molecule has 0 radical (unpaired) electrons. The molecule has 2 aromatic rings. The zero-order valence-electron chi connectivity index (χ0n) is 16.3. The van der Waals surface area contributed by atoms with E-state index in [0.717, 1.165) is 4.90 Å². The first-order chi connectivity index (χ1) is 14.4. The number of ether oxygens (including phenoxy) is 1. The Kier molecular flexibility index (Phi) is 6.36. The fourth-order valence-corrected chi connectivity index (χ4v) is 3.13. The van der Waals surface area contributed by atoms with Crippen LogP contribution in [0.4, 0.5) is 5.69 Å². The van der Waals surface area contributed by atoms with E-state index >= 15 is 0 Å². The fraction of sp³-hybridized carbons (Fsp3) is 0.227. The van der Waals surface area contributed by atoms with E-state index in [1.165, 1.54) is 6.92 Å². The maximum Gasteiger partial charge on any atom is 0.308 e. The van der Waals surface area contributed by atoms with Crippen molar-refractivity contribution in [2.75, 3.05) is 18.5 Å². The van der Waals surface area contributed by atoms with Gasteiger partial charge in [0.1, 0.15) is 0 Å². The predicted octanol–water partition coefficient (Wildman–Crippen LogP) is 1.99. The normalized spacial score (nSPS) is 12.9. The maximum atomic E-state index is 12.5. The molecule has 1 aliphatic rings. The molecule has 0 unspecified atom stereocenters. The standard InChI is InChI=1S/C22H20N2O6/c1-14(25)16-7-4-5-9-18(16)23-19(26)13-30-21(28)10-11-24-20(27)12-15-6-2-3-8-17(15)22(24)29/h2-9H,10-13H2,1H3,(H,23,26). The van der Waals surface area contributed by atoms with Gasteiger partial charge in [-0.1, -0.05) is 30.3 Å². The summed E-state index contributed by atoms with van der Waals surface area (Å²) in [4.78, 5) is 61.3. The zero-order valence-corrected chi connectivity index (χ0v) is 16.3. The zero-order chi connectivity index (χ0) is 21.7. The number of hydrogen-bond donors (Lipinski definition) is 1. The lowest BCUT2D eigenvalue weighted by molar-refractivity contribution is -0.147. The number of esters is 1. The van der Waals surface area contributed by atoms with Crippen molar-refractivity contribution < 1.29 is 28.7 Å². The summed E-state index contributed by atoms with van der Waals surface area (Å²) in [7, 11) is 0. The number of rotatable bonds is 7. The van der Waals surface area contributed by atoms with Crippen LogP contribution in [0.2, 0.25) is 0 Å². The fourth-order valence-electron chi connectivity index (χ4n) is 3.13. The van der Waals surface area contributed by atoms with Crippen molar-refractivity contribution in [2.45, 2.75) is 19.8 Å². The van der Waals surface area contributed by atoms with Crippen LogP contribution in [0.1, 0.15) is 39.6 Å². The maximum absolute atomic E-state index is 12.5. The van der Waals surface area contributed by atoms with Crippen molar-refractivity contribution in [3.63, 3.8) is 0 Å². The smallest absolute Gasteiger partial charge is 0.308 e. The Bertz CT molecular complexity index is 1030. The van der Waals surface area contributed by atoms with Crippen molar-refractivity contribution >= 4 is 35.2 Å². The number of amides is 3. The lowest BCUT2D eigenvalue weighted by atomic mass is 9.98. The molecule has 154 valence electrons. The summed E-state index contributed by atoms with van der Waals surface area (Å²) in [5.74, 6) is -2.36. The number of para-hydroxylation sites is 1. The molecule has 0 atom stereocenters. The van der Waals surface area contributed by atoms with E-state index in [9.17, 15) is 24.0 Å². The molecule has 0 saturated carbocycles. The van der Waals surface area contributed by atoms with Gasteiger partial charge in [-0.3, -0.25) is 28.9 Å². The summed E-state index contributed by atoms with van der Waals surface area (Å²) in [6.45, 7) is 0.710. The van der Waals surface area contributed by atoms with Gasteiger partial charge in [0, 0.05) is 17.7 Å². The van der Waals surface area contributed by atoms with Gasteiger partial charge in [0.15, 0.2) is 12.4 Å². The Morgan fingerprint density at radius 3 is 2.50 bits per heavy atom. The molecule has 0 fully saturated rings. The topological polar surface area (TPSA) is 110 Å². The highest BCUT2D eigenvalue weighted by atomic mass is 16.5. The SMILES string of the molecule is CC(=O)c1ccccc1NC(=O)COC(=O)CCN1C(=O)Cc2ccccc2C1=O. The van der Waals surface area contributed by atoms with Gasteiger partial charge >= 0.3 is 5.97 Å². The third-order valence-electron chi connectivity index (χ3n) is 4.62. The summed E-state index contributed by atoms with van der Waals surface area (Å²) in [6.07, 6.45) is -0.133. The Labute approximate surface area is 172 Å². The first-order valence-electron chi connectivity index (χ1n) is 9.35. The van der Waals surface area contributed by atoms with Crippen molar-refractivity contribution in [2.24, 2.45) is 0 Å². The molecule has 1 N–H and O–H groups in total. The van der Waals surface area contributed by atoms with Crippen molar-refractivity contribution in [3.8, 4) is 0 Å². The molecule has 3 rings (SSSR count). The van der Waals surface area contributed by atoms with E-state index < -0.39 is 24.4 Å². The summed E-state index contributed by atoms with van der Waals surface area (Å²) >= 11 is 0. The molecule has 3 amide bonds. The van der Waals surface area contributed by atoms with E-state index in [1.54, 1.807) is 48.5 Å². The molecule has 0 aromatic heterocycles. The monoisotopic (exact) mass is 408 g/mol. The minimum Gasteiger partial charge on any atom is -0.456 e. The number of imide groups is 1. The van der Waals surface area contributed by atoms with Gasteiger partial charge < -0.3 is 10.1 Å². The number of ketones is 1. The molecule has 1 heterocycles. The van der Waals surface area contributed by atoms with Gasteiger partial charge in [0.25, 0.3) is 11.8 Å². The van der Waals surface area contributed by atoms with Gasteiger partial charge in [0.2, 0.25) is 5.91 Å². The Morgan fingerprint density at radius 2 is 1.73 bits per heavy atom. The van der Waals surface area contributed by atoms with Crippen molar-refractivity contribution in [3.05, 3.63) is 65.2 Å². The highest BCUT2D eigenvalue weighted by Crippen LogP contribution is 2.20. The molecule has 8 heteroatoms. The quantitative estimate of drug-likeness (QED) is 0.426. The molecule has 0 bridgehead atoms. The van der Waals surface area contributed by atoms with E-state index in [2.05, 4.69) is 5.32 Å². The third-order valence-corrected chi connectivity index (χ3v) is 4.62. The number of nitrogens with one attached hydrogen (secondary N) is 1. The lowest BCUT2D eigenvalue weighted by Crippen LogP contribution is -2.43. The average molecular weight is 408 g/mol. The molecule has 1 aliphatic heterocycles. The molecule has 8 nitrogen and oxygen atoms in total. The second-order valence-corrected chi connectivity index (χ2v) is 6.75. The number of fused-ring (bicyclic) bond motifs is 1. The average Bonchev–Trinajstić information content (AvgIpc) is 2.72. The minimum atomic E-state index is -0.718. The molecular weight excluding hydrogens is 388 g/mol. The molecular formula is C22H20N2O6. The summed E-state index contributed by atoms with van der Waals surface area (Å²) in [5, 5.41) is 2.52. The summed E-state index contributed by atoms with van der Waals surface area (Å²) < 4.78 is 4.92. The largest absolute Gasteiger partial charge is 0.456 e. The van der Waals surface area contributed by atoms with Crippen LogP contribution in [-0.2, 0) is 25.5 Å². The van der Waals surface area contributed by atoms with Crippen LogP contribution in [0.15, 0.2) is 48.5 Å². The summed E-state index contributed by atoms with van der Waals surface area (Å²) in [5.41, 5.74) is 1.77. The Morgan fingerprint density at radius 1 is 1.03 bits per heavy atom. The second kappa shape index (κ2) is 9.13. The van der Waals surface area contributed by atoms with Gasteiger partial charge in [-0.2, -0.15) is 0 Å². The van der Waals surface area contributed by atoms with Crippen molar-refractivity contribution in [1.82, 2.24) is 4.90 Å². The van der Waals surface area contributed by atoms with Crippen LogP contribution in [0.25, 0.3) is 0 Å². The highest BCUT2D eigenvalue weighted by Gasteiger charge is 2.30. The van der Waals surface area contributed by atoms with Crippen LogP contribution in [0, 0.1) is 0 Å². The van der Waals surface area contributed by atoms with Crippen LogP contribution in [0.5, 0.6) is 0 Å². The Balaban J connectivity index is 1.50. The number of benzene rings is 2. The first kappa shape index (κ1) is 20.9. The Hall–Kier alpha value is -3.81. The number of nitrogens with zero attached hydrogens (tertiary/aromatic N) is 1. The van der Waals surface area contributed by atoms with Gasteiger partial charge in [-0.05, 0) is 30.7 Å². The molecule has 0 spiro atoms. The number of anilines is 1. The van der Waals surface area contributed by atoms with Crippen molar-refractivity contribution in [1.29, 1.82) is 0 Å². The van der Waals surface area contributed by atoms with E-state index in [0.29, 0.717) is 22.4 Å². The van der Waals surface area contributed by atoms with Crippen LogP contribution >= 0.6 is 0 Å². The molecule has 0 aliphatic carbocycles. The second-order valence-electron chi connectivity index (χ2n) is 6.75. The van der Waals surface area contributed by atoms with Gasteiger partial charge in [-0.15, -0.1) is 0 Å².